The molecule has 1 aliphatic rings. The second-order valence-corrected chi connectivity index (χ2v) is 4.70. The lowest BCUT2D eigenvalue weighted by Crippen LogP contribution is -2.34. The molecule has 0 spiro atoms. The molecule has 0 saturated heterocycles. The van der Waals surface area contributed by atoms with Gasteiger partial charge in [-0.05, 0) is 31.9 Å². The van der Waals surface area contributed by atoms with Crippen LogP contribution in [0.2, 0.25) is 0 Å². The highest BCUT2D eigenvalue weighted by Crippen LogP contribution is 2.35. The third-order valence-electron chi connectivity index (χ3n) is 3.32. The minimum Gasteiger partial charge on any atom is -0.456 e. The van der Waals surface area contributed by atoms with Crippen LogP contribution in [0.1, 0.15) is 37.3 Å². The van der Waals surface area contributed by atoms with Crippen LogP contribution >= 0.6 is 12.4 Å². The molecule has 1 saturated carbocycles. The van der Waals surface area contributed by atoms with Crippen molar-refractivity contribution < 1.29 is 8.94 Å². The molecule has 1 fully saturated rings. The summed E-state index contributed by atoms with van der Waals surface area (Å²) in [5, 5.41) is 3.98. The number of aryl methyl sites for hydroxylation is 1. The molecule has 1 aliphatic carbocycles. The van der Waals surface area contributed by atoms with Gasteiger partial charge in [0.25, 0.3) is 5.89 Å². The second kappa shape index (κ2) is 4.74. The van der Waals surface area contributed by atoms with Gasteiger partial charge < -0.3 is 14.7 Å². The highest BCUT2D eigenvalue weighted by atomic mass is 35.5. The number of aromatic nitrogens is 2. The summed E-state index contributed by atoms with van der Waals surface area (Å²) in [5.74, 6) is 2.43. The molecule has 3 rings (SSSR count). The molecule has 0 amide bonds. The molecule has 98 valence electrons. The average Bonchev–Trinajstić information content (AvgIpc) is 2.96. The average molecular weight is 270 g/mol. The van der Waals surface area contributed by atoms with E-state index in [0.717, 1.165) is 31.4 Å². The zero-order chi connectivity index (χ0) is 11.9. The third-order valence-corrected chi connectivity index (χ3v) is 3.32. The fraction of sp³-hybridized carbons (Fsp3) is 0.500. The van der Waals surface area contributed by atoms with E-state index in [1.54, 1.807) is 0 Å². The van der Waals surface area contributed by atoms with Crippen LogP contribution in [0.25, 0.3) is 11.7 Å². The topological polar surface area (TPSA) is 78.1 Å². The van der Waals surface area contributed by atoms with Crippen molar-refractivity contribution in [2.75, 3.05) is 0 Å². The summed E-state index contributed by atoms with van der Waals surface area (Å²) in [6.45, 7) is 1.88. The van der Waals surface area contributed by atoms with E-state index in [9.17, 15) is 0 Å². The Labute approximate surface area is 111 Å². The minimum atomic E-state index is -0.413. The lowest BCUT2D eigenvalue weighted by Gasteiger charge is -2.17. The fourth-order valence-corrected chi connectivity index (χ4v) is 2.30. The van der Waals surface area contributed by atoms with Gasteiger partial charge in [0, 0.05) is 0 Å². The van der Waals surface area contributed by atoms with Crippen LogP contribution in [0, 0.1) is 6.92 Å². The Bertz CT molecular complexity index is 529. The molecule has 2 N–H and O–H groups in total. The number of hydrogen-bond donors (Lipinski definition) is 1. The Morgan fingerprint density at radius 2 is 2.00 bits per heavy atom. The Kier molecular flexibility index (Phi) is 3.45. The van der Waals surface area contributed by atoms with Crippen LogP contribution in [0.3, 0.4) is 0 Å². The van der Waals surface area contributed by atoms with Crippen molar-refractivity contribution in [3.8, 4) is 11.7 Å². The summed E-state index contributed by atoms with van der Waals surface area (Å²) in [7, 11) is 0. The lowest BCUT2D eigenvalue weighted by molar-refractivity contribution is 0.367. The van der Waals surface area contributed by atoms with Gasteiger partial charge in [-0.2, -0.15) is 4.98 Å². The minimum absolute atomic E-state index is 0. The molecule has 0 bridgehead atoms. The maximum absolute atomic E-state index is 6.26. The van der Waals surface area contributed by atoms with Crippen LogP contribution in [-0.4, -0.2) is 10.1 Å². The van der Waals surface area contributed by atoms with E-state index in [4.69, 9.17) is 14.7 Å². The van der Waals surface area contributed by atoms with Crippen LogP contribution in [0.4, 0.5) is 0 Å². The van der Waals surface area contributed by atoms with Gasteiger partial charge in [-0.15, -0.1) is 12.4 Å². The van der Waals surface area contributed by atoms with Crippen molar-refractivity contribution in [2.24, 2.45) is 5.73 Å². The number of rotatable bonds is 2. The van der Waals surface area contributed by atoms with E-state index >= 15 is 0 Å². The first kappa shape index (κ1) is 13.1. The van der Waals surface area contributed by atoms with E-state index in [1.165, 1.54) is 0 Å². The number of nitrogens with zero attached hydrogens (tertiary/aromatic N) is 2. The van der Waals surface area contributed by atoms with Gasteiger partial charge in [0.1, 0.15) is 5.76 Å². The Morgan fingerprint density at radius 3 is 2.61 bits per heavy atom. The van der Waals surface area contributed by atoms with E-state index < -0.39 is 5.54 Å². The molecule has 6 heteroatoms. The molecular formula is C12H16ClN3O2. The molecule has 0 radical (unpaired) electrons. The maximum atomic E-state index is 6.26. The number of halogens is 1. The van der Waals surface area contributed by atoms with Crippen molar-refractivity contribution >= 4 is 12.4 Å². The zero-order valence-electron chi connectivity index (χ0n) is 10.2. The van der Waals surface area contributed by atoms with Gasteiger partial charge >= 0.3 is 0 Å². The predicted octanol–water partition coefficient (Wildman–Crippen LogP) is 2.79. The first-order chi connectivity index (χ1) is 8.17. The maximum Gasteiger partial charge on any atom is 0.293 e. The van der Waals surface area contributed by atoms with E-state index in [-0.39, 0.29) is 12.4 Å². The standard InChI is InChI=1S/C12H15N3O2.ClH/c1-8-4-5-9(16-8)10-14-11(15-17-10)12(13)6-2-3-7-12;/h4-5H,2-3,6-7,13H2,1H3;1H. The molecule has 0 unspecified atom stereocenters. The Hall–Kier alpha value is -1.33. The SMILES string of the molecule is Cc1ccc(-c2nc(C3(N)CCCC3)no2)o1.Cl. The van der Waals surface area contributed by atoms with Crippen LogP contribution in [0.15, 0.2) is 21.1 Å². The summed E-state index contributed by atoms with van der Waals surface area (Å²) >= 11 is 0. The molecule has 18 heavy (non-hydrogen) atoms. The van der Waals surface area contributed by atoms with Crippen molar-refractivity contribution in [1.29, 1.82) is 0 Å². The quantitative estimate of drug-likeness (QED) is 0.907. The van der Waals surface area contributed by atoms with Crippen molar-refractivity contribution in [3.05, 3.63) is 23.7 Å². The van der Waals surface area contributed by atoms with Gasteiger partial charge in [0.05, 0.1) is 5.54 Å². The molecule has 0 atom stereocenters. The molecule has 0 aromatic carbocycles. The van der Waals surface area contributed by atoms with Gasteiger partial charge in [0.15, 0.2) is 11.6 Å². The smallest absolute Gasteiger partial charge is 0.293 e. The fourth-order valence-electron chi connectivity index (χ4n) is 2.30. The van der Waals surface area contributed by atoms with E-state index in [2.05, 4.69) is 10.1 Å². The zero-order valence-corrected chi connectivity index (χ0v) is 11.0. The highest BCUT2D eigenvalue weighted by Gasteiger charge is 2.36. The van der Waals surface area contributed by atoms with Crippen molar-refractivity contribution in [3.63, 3.8) is 0 Å². The molecule has 2 heterocycles. The normalized spacial score (nSPS) is 17.7. The molecular weight excluding hydrogens is 254 g/mol. The number of furan rings is 1. The van der Waals surface area contributed by atoms with Crippen LogP contribution < -0.4 is 5.73 Å². The first-order valence-corrected chi connectivity index (χ1v) is 5.87. The summed E-state index contributed by atoms with van der Waals surface area (Å²) in [6.07, 6.45) is 4.09. The van der Waals surface area contributed by atoms with Gasteiger partial charge in [-0.3, -0.25) is 0 Å². The van der Waals surface area contributed by atoms with Crippen LogP contribution in [-0.2, 0) is 5.54 Å². The van der Waals surface area contributed by atoms with E-state index in [0.29, 0.717) is 17.5 Å². The lowest BCUT2D eigenvalue weighted by atomic mass is 9.99. The van der Waals surface area contributed by atoms with Crippen LogP contribution in [0.5, 0.6) is 0 Å². The molecule has 0 aliphatic heterocycles. The monoisotopic (exact) mass is 269 g/mol. The number of hydrogen-bond acceptors (Lipinski definition) is 5. The van der Waals surface area contributed by atoms with Gasteiger partial charge in [-0.25, -0.2) is 0 Å². The van der Waals surface area contributed by atoms with E-state index in [1.807, 2.05) is 19.1 Å². The predicted molar refractivity (Wildman–Crippen MR) is 68.3 cm³/mol. The molecule has 2 aromatic rings. The largest absolute Gasteiger partial charge is 0.456 e. The Morgan fingerprint density at radius 1 is 1.28 bits per heavy atom. The molecule has 2 aromatic heterocycles. The summed E-state index contributed by atoms with van der Waals surface area (Å²) < 4.78 is 10.6. The summed E-state index contributed by atoms with van der Waals surface area (Å²) in [6, 6.07) is 3.69. The highest BCUT2D eigenvalue weighted by molar-refractivity contribution is 5.85. The van der Waals surface area contributed by atoms with Gasteiger partial charge in [-0.1, -0.05) is 18.0 Å². The van der Waals surface area contributed by atoms with Crippen molar-refractivity contribution in [2.45, 2.75) is 38.1 Å². The Balaban J connectivity index is 0.00000120. The summed E-state index contributed by atoms with van der Waals surface area (Å²) in [5.41, 5.74) is 5.85. The van der Waals surface area contributed by atoms with Gasteiger partial charge in [0.2, 0.25) is 0 Å². The first-order valence-electron chi connectivity index (χ1n) is 5.87. The third kappa shape index (κ3) is 2.15. The van der Waals surface area contributed by atoms with Crippen molar-refractivity contribution in [1.82, 2.24) is 10.1 Å². The second-order valence-electron chi connectivity index (χ2n) is 4.70. The summed E-state index contributed by atoms with van der Waals surface area (Å²) in [4.78, 5) is 4.35. The number of nitrogens with two attached hydrogens (primary N) is 1. The molecule has 5 nitrogen and oxygen atoms in total.